The summed E-state index contributed by atoms with van der Waals surface area (Å²) in [7, 11) is 0. The molecule has 1 amide bonds. The maximum atomic E-state index is 12.0. The van der Waals surface area contributed by atoms with Gasteiger partial charge in [-0.25, -0.2) is 0 Å². The maximum absolute atomic E-state index is 12.0. The molecule has 0 saturated heterocycles. The zero-order valence-corrected chi connectivity index (χ0v) is 16.5. The van der Waals surface area contributed by atoms with Crippen molar-refractivity contribution in [3.05, 3.63) is 65.2 Å². The molecule has 0 aromatic heterocycles. The van der Waals surface area contributed by atoms with Crippen molar-refractivity contribution in [2.45, 2.75) is 45.1 Å². The van der Waals surface area contributed by atoms with Gasteiger partial charge in [0.2, 0.25) is 5.91 Å². The SMILES string of the molecule is CC(C)(C)c1ccc(C(O)CNC(=O)CCc2ccccc2N)cc1.Cl. The highest BCUT2D eigenvalue weighted by atomic mass is 35.5. The lowest BCUT2D eigenvalue weighted by Gasteiger charge is -2.20. The van der Waals surface area contributed by atoms with Crippen LogP contribution in [0.4, 0.5) is 5.69 Å². The van der Waals surface area contributed by atoms with Gasteiger partial charge < -0.3 is 16.2 Å². The number of nitrogen functional groups attached to an aromatic ring is 1. The van der Waals surface area contributed by atoms with Gasteiger partial charge in [-0.2, -0.15) is 0 Å². The van der Waals surface area contributed by atoms with Crippen LogP contribution in [0.1, 0.15) is 50.0 Å². The number of carbonyl (C=O) groups excluding carboxylic acids is 1. The van der Waals surface area contributed by atoms with E-state index in [9.17, 15) is 9.90 Å². The van der Waals surface area contributed by atoms with Crippen molar-refractivity contribution >= 4 is 24.0 Å². The number of hydrogen-bond donors (Lipinski definition) is 3. The number of aliphatic hydroxyl groups excluding tert-OH is 1. The van der Waals surface area contributed by atoms with Crippen LogP contribution in [-0.4, -0.2) is 17.6 Å². The number of nitrogens with two attached hydrogens (primary N) is 1. The topological polar surface area (TPSA) is 75.3 Å². The van der Waals surface area contributed by atoms with Gasteiger partial charge in [-0.15, -0.1) is 12.4 Å². The second-order valence-corrected chi connectivity index (χ2v) is 7.39. The van der Waals surface area contributed by atoms with E-state index < -0.39 is 6.10 Å². The number of rotatable bonds is 6. The highest BCUT2D eigenvalue weighted by molar-refractivity contribution is 5.85. The highest BCUT2D eigenvalue weighted by Gasteiger charge is 2.15. The lowest BCUT2D eigenvalue weighted by atomic mass is 9.86. The van der Waals surface area contributed by atoms with Crippen molar-refractivity contribution in [1.82, 2.24) is 5.32 Å². The van der Waals surface area contributed by atoms with Crippen molar-refractivity contribution in [3.63, 3.8) is 0 Å². The van der Waals surface area contributed by atoms with Gasteiger partial charge in [-0.3, -0.25) is 4.79 Å². The Bertz CT molecular complexity index is 709. The summed E-state index contributed by atoms with van der Waals surface area (Å²) in [4.78, 5) is 12.0. The average Bonchev–Trinajstić information content (AvgIpc) is 2.58. The Morgan fingerprint density at radius 1 is 1.12 bits per heavy atom. The summed E-state index contributed by atoms with van der Waals surface area (Å²) in [5, 5.41) is 13.0. The lowest BCUT2D eigenvalue weighted by molar-refractivity contribution is -0.121. The Morgan fingerprint density at radius 3 is 2.31 bits per heavy atom. The van der Waals surface area contributed by atoms with Crippen LogP contribution >= 0.6 is 12.4 Å². The molecule has 0 heterocycles. The van der Waals surface area contributed by atoms with E-state index in [2.05, 4.69) is 26.1 Å². The predicted octanol–water partition coefficient (Wildman–Crippen LogP) is 3.77. The van der Waals surface area contributed by atoms with Crippen LogP contribution in [0, 0.1) is 0 Å². The van der Waals surface area contributed by atoms with Crippen molar-refractivity contribution in [1.29, 1.82) is 0 Å². The molecule has 0 aliphatic carbocycles. The normalized spacial score (nSPS) is 12.2. The van der Waals surface area contributed by atoms with Crippen molar-refractivity contribution < 1.29 is 9.90 Å². The second-order valence-electron chi connectivity index (χ2n) is 7.39. The Morgan fingerprint density at radius 2 is 1.73 bits per heavy atom. The maximum Gasteiger partial charge on any atom is 0.220 e. The molecule has 0 fully saturated rings. The van der Waals surface area contributed by atoms with E-state index in [4.69, 9.17) is 5.73 Å². The van der Waals surface area contributed by atoms with Crippen LogP contribution in [0.2, 0.25) is 0 Å². The highest BCUT2D eigenvalue weighted by Crippen LogP contribution is 2.23. The number of aryl methyl sites for hydroxylation is 1. The minimum atomic E-state index is -0.709. The van der Waals surface area contributed by atoms with Crippen LogP contribution < -0.4 is 11.1 Å². The average molecular weight is 377 g/mol. The van der Waals surface area contributed by atoms with Gasteiger partial charge in [0, 0.05) is 18.7 Å². The number of nitrogens with one attached hydrogen (secondary N) is 1. The molecule has 5 heteroatoms. The molecule has 0 aliphatic rings. The molecule has 2 aromatic carbocycles. The van der Waals surface area contributed by atoms with Gasteiger partial charge in [0.25, 0.3) is 0 Å². The van der Waals surface area contributed by atoms with E-state index >= 15 is 0 Å². The summed E-state index contributed by atoms with van der Waals surface area (Å²) < 4.78 is 0. The Labute approximate surface area is 162 Å². The number of para-hydroxylation sites is 1. The molecule has 2 rings (SSSR count). The summed E-state index contributed by atoms with van der Waals surface area (Å²) in [5.74, 6) is -0.0892. The van der Waals surface area contributed by atoms with Crippen LogP contribution in [0.5, 0.6) is 0 Å². The van der Waals surface area contributed by atoms with E-state index in [-0.39, 0.29) is 30.3 Å². The number of carbonyl (C=O) groups is 1. The summed E-state index contributed by atoms with van der Waals surface area (Å²) >= 11 is 0. The molecule has 0 spiro atoms. The van der Waals surface area contributed by atoms with Gasteiger partial charge in [0.1, 0.15) is 0 Å². The molecule has 2 aromatic rings. The number of amides is 1. The Hall–Kier alpha value is -2.04. The zero-order chi connectivity index (χ0) is 18.4. The van der Waals surface area contributed by atoms with E-state index in [0.29, 0.717) is 18.5 Å². The molecule has 26 heavy (non-hydrogen) atoms. The second kappa shape index (κ2) is 9.60. The van der Waals surface area contributed by atoms with Crippen LogP contribution in [0.3, 0.4) is 0 Å². The standard InChI is InChI=1S/C21H28N2O2.ClH/c1-21(2,3)17-11-8-16(9-12-17)19(24)14-23-20(25)13-10-15-6-4-5-7-18(15)22;/h4-9,11-12,19,24H,10,13-14,22H2,1-3H3,(H,23,25);1H. The van der Waals surface area contributed by atoms with Crippen LogP contribution in [-0.2, 0) is 16.6 Å². The molecule has 0 aliphatic heterocycles. The summed E-state index contributed by atoms with van der Waals surface area (Å²) in [5.41, 5.74) is 9.65. The minimum Gasteiger partial charge on any atom is -0.399 e. The molecule has 0 radical (unpaired) electrons. The van der Waals surface area contributed by atoms with Crippen molar-refractivity contribution in [2.75, 3.05) is 12.3 Å². The molecular weight excluding hydrogens is 348 g/mol. The van der Waals surface area contributed by atoms with Gasteiger partial charge in [0.15, 0.2) is 0 Å². The number of halogens is 1. The van der Waals surface area contributed by atoms with E-state index in [1.54, 1.807) is 0 Å². The first-order valence-corrected chi connectivity index (χ1v) is 8.66. The number of hydrogen-bond acceptors (Lipinski definition) is 3. The van der Waals surface area contributed by atoms with Crippen molar-refractivity contribution in [2.24, 2.45) is 0 Å². The zero-order valence-electron chi connectivity index (χ0n) is 15.7. The summed E-state index contributed by atoms with van der Waals surface area (Å²) in [6.45, 7) is 6.66. The monoisotopic (exact) mass is 376 g/mol. The summed E-state index contributed by atoms with van der Waals surface area (Å²) in [6, 6.07) is 15.4. The van der Waals surface area contributed by atoms with Gasteiger partial charge in [0.05, 0.1) is 6.10 Å². The molecule has 4 nitrogen and oxygen atoms in total. The third kappa shape index (κ3) is 6.36. The van der Waals surface area contributed by atoms with Crippen LogP contribution in [0.25, 0.3) is 0 Å². The lowest BCUT2D eigenvalue weighted by Crippen LogP contribution is -2.28. The van der Waals surface area contributed by atoms with Crippen LogP contribution in [0.15, 0.2) is 48.5 Å². The number of aliphatic hydroxyl groups is 1. The van der Waals surface area contributed by atoms with Crippen molar-refractivity contribution in [3.8, 4) is 0 Å². The Balaban J connectivity index is 0.00000338. The third-order valence-electron chi connectivity index (χ3n) is 4.33. The first-order valence-electron chi connectivity index (χ1n) is 8.66. The van der Waals surface area contributed by atoms with Gasteiger partial charge in [-0.05, 0) is 34.6 Å². The minimum absolute atomic E-state index is 0. The summed E-state index contributed by atoms with van der Waals surface area (Å²) in [6.07, 6.45) is 0.235. The number of benzene rings is 2. The van der Waals surface area contributed by atoms with Gasteiger partial charge >= 0.3 is 0 Å². The fourth-order valence-corrected chi connectivity index (χ4v) is 2.63. The molecule has 1 unspecified atom stereocenters. The van der Waals surface area contributed by atoms with E-state index in [1.807, 2.05) is 48.5 Å². The smallest absolute Gasteiger partial charge is 0.220 e. The molecule has 0 saturated carbocycles. The fraction of sp³-hybridized carbons (Fsp3) is 0.381. The van der Waals surface area contributed by atoms with E-state index in [1.165, 1.54) is 5.56 Å². The predicted molar refractivity (Wildman–Crippen MR) is 110 cm³/mol. The molecule has 142 valence electrons. The largest absolute Gasteiger partial charge is 0.399 e. The Kier molecular flexibility index (Phi) is 8.12. The molecular formula is C21H29ClN2O2. The first-order chi connectivity index (χ1) is 11.8. The number of anilines is 1. The van der Waals surface area contributed by atoms with Gasteiger partial charge in [-0.1, -0.05) is 63.2 Å². The first kappa shape index (κ1) is 22.0. The fourth-order valence-electron chi connectivity index (χ4n) is 2.63. The molecule has 0 bridgehead atoms. The third-order valence-corrected chi connectivity index (χ3v) is 4.33. The molecule has 1 atom stereocenters. The molecule has 4 N–H and O–H groups in total. The van der Waals surface area contributed by atoms with E-state index in [0.717, 1.165) is 11.1 Å². The quantitative estimate of drug-likeness (QED) is 0.672.